The van der Waals surface area contributed by atoms with Gasteiger partial charge >= 0.3 is 0 Å². The molecule has 2 rings (SSSR count). The summed E-state index contributed by atoms with van der Waals surface area (Å²) in [5, 5.41) is 2.57. The molecule has 1 amide bonds. The number of amides is 1. The Labute approximate surface area is 140 Å². The summed E-state index contributed by atoms with van der Waals surface area (Å²) < 4.78 is 0.789. The fraction of sp³-hybridized carbons (Fsp3) is 0.438. The molecule has 0 unspecified atom stereocenters. The van der Waals surface area contributed by atoms with Gasteiger partial charge in [-0.05, 0) is 38.8 Å². The fourth-order valence-electron chi connectivity index (χ4n) is 2.24. The van der Waals surface area contributed by atoms with Crippen molar-refractivity contribution in [3.05, 3.63) is 29.8 Å². The van der Waals surface area contributed by atoms with Crippen molar-refractivity contribution in [3.8, 4) is 0 Å². The van der Waals surface area contributed by atoms with Gasteiger partial charge in [-0.15, -0.1) is 0 Å². The minimum absolute atomic E-state index is 0.0197. The van der Waals surface area contributed by atoms with Crippen LogP contribution in [0.4, 0.5) is 5.69 Å². The normalized spacial score (nSPS) is 15.5. The zero-order valence-corrected chi connectivity index (χ0v) is 14.4. The topological polar surface area (TPSA) is 49.4 Å². The largest absolute Gasteiger partial charge is 0.358 e. The van der Waals surface area contributed by atoms with Gasteiger partial charge in [0, 0.05) is 24.3 Å². The number of hydrogen-bond donors (Lipinski definition) is 1. The van der Waals surface area contributed by atoms with E-state index < -0.39 is 0 Å². The lowest BCUT2D eigenvalue weighted by atomic mass is 10.1. The molecule has 1 N–H and O–H groups in total. The van der Waals surface area contributed by atoms with E-state index in [1.165, 1.54) is 31.5 Å². The number of ketones is 1. The lowest BCUT2D eigenvalue weighted by molar-refractivity contribution is -0.115. The lowest BCUT2D eigenvalue weighted by Crippen LogP contribution is -2.29. The van der Waals surface area contributed by atoms with Gasteiger partial charge in [0.05, 0.1) is 5.25 Å². The number of hydrogen-bond acceptors (Lipinski definition) is 4. The minimum atomic E-state index is -0.269. The molecule has 1 aromatic carbocycles. The van der Waals surface area contributed by atoms with Gasteiger partial charge in [0.2, 0.25) is 5.91 Å². The first-order valence-electron chi connectivity index (χ1n) is 7.35. The maximum atomic E-state index is 12.2. The molecule has 0 bridgehead atoms. The van der Waals surface area contributed by atoms with Crippen LogP contribution in [0.5, 0.6) is 0 Å². The second kappa shape index (κ2) is 7.74. The Hall–Kier alpha value is -1.40. The molecule has 1 saturated heterocycles. The smallest absolute Gasteiger partial charge is 0.237 e. The number of thiocarbonyl (C=S) groups is 1. The quantitative estimate of drug-likeness (QED) is 0.675. The van der Waals surface area contributed by atoms with Crippen LogP contribution in [0.25, 0.3) is 0 Å². The van der Waals surface area contributed by atoms with Gasteiger partial charge in [0.15, 0.2) is 5.78 Å². The van der Waals surface area contributed by atoms with Crippen LogP contribution in [0.3, 0.4) is 0 Å². The molecular formula is C16H20N2O2S2. The average molecular weight is 336 g/mol. The van der Waals surface area contributed by atoms with E-state index in [4.69, 9.17) is 12.2 Å². The van der Waals surface area contributed by atoms with E-state index in [9.17, 15) is 9.59 Å². The van der Waals surface area contributed by atoms with Gasteiger partial charge in [-0.1, -0.05) is 36.1 Å². The summed E-state index contributed by atoms with van der Waals surface area (Å²) in [4.78, 5) is 25.8. The number of carbonyl (C=O) groups is 2. The van der Waals surface area contributed by atoms with E-state index >= 15 is 0 Å². The number of nitrogens with one attached hydrogen (secondary N) is 1. The third kappa shape index (κ3) is 4.55. The van der Waals surface area contributed by atoms with Crippen LogP contribution in [0.15, 0.2) is 24.3 Å². The molecule has 0 radical (unpaired) electrons. The summed E-state index contributed by atoms with van der Waals surface area (Å²) in [6.07, 6.45) is 2.33. The highest BCUT2D eigenvalue weighted by Crippen LogP contribution is 2.21. The van der Waals surface area contributed by atoms with Crippen LogP contribution < -0.4 is 5.32 Å². The van der Waals surface area contributed by atoms with E-state index in [-0.39, 0.29) is 16.9 Å². The third-order valence-corrected chi connectivity index (χ3v) is 5.12. The summed E-state index contributed by atoms with van der Waals surface area (Å²) in [6.45, 7) is 5.33. The first-order valence-corrected chi connectivity index (χ1v) is 8.63. The Balaban J connectivity index is 1.92. The highest BCUT2D eigenvalue weighted by Gasteiger charge is 2.21. The van der Waals surface area contributed by atoms with E-state index in [1.807, 2.05) is 6.92 Å². The number of likely N-dealkylation sites (tertiary alicyclic amines) is 1. The van der Waals surface area contributed by atoms with Crippen molar-refractivity contribution in [2.45, 2.75) is 31.9 Å². The predicted octanol–water partition coefficient (Wildman–Crippen LogP) is 3.33. The molecule has 1 heterocycles. The summed E-state index contributed by atoms with van der Waals surface area (Å²) >= 11 is 6.81. The number of thioether (sulfide) groups is 1. The van der Waals surface area contributed by atoms with Crippen LogP contribution in [0, 0.1) is 0 Å². The third-order valence-electron chi connectivity index (χ3n) is 3.55. The standard InChI is InChI=1S/C16H20N2O2S2/c1-11(19)13-6-5-7-14(10-13)17-15(20)12(2)22-16(21)18-8-3-4-9-18/h5-7,10,12H,3-4,8-9H2,1-2H3,(H,17,20)/t12-/m0/s1. The van der Waals surface area contributed by atoms with Gasteiger partial charge in [0.25, 0.3) is 0 Å². The number of carbonyl (C=O) groups excluding carboxylic acids is 2. The minimum Gasteiger partial charge on any atom is -0.358 e. The van der Waals surface area contributed by atoms with Gasteiger partial charge in [-0.3, -0.25) is 9.59 Å². The molecule has 22 heavy (non-hydrogen) atoms. The highest BCUT2D eigenvalue weighted by atomic mass is 32.2. The molecule has 1 aliphatic heterocycles. The summed E-state index contributed by atoms with van der Waals surface area (Å²) in [5.74, 6) is -0.124. The summed E-state index contributed by atoms with van der Waals surface area (Å²) in [7, 11) is 0. The zero-order chi connectivity index (χ0) is 16.1. The van der Waals surface area contributed by atoms with Crippen LogP contribution in [0.2, 0.25) is 0 Å². The molecule has 0 saturated carbocycles. The number of rotatable bonds is 4. The van der Waals surface area contributed by atoms with E-state index in [0.717, 1.165) is 17.4 Å². The van der Waals surface area contributed by atoms with Crippen molar-refractivity contribution in [2.24, 2.45) is 0 Å². The Morgan fingerprint density at radius 2 is 2.00 bits per heavy atom. The molecule has 4 nitrogen and oxygen atoms in total. The van der Waals surface area contributed by atoms with Crippen LogP contribution in [-0.2, 0) is 4.79 Å². The fourth-order valence-corrected chi connectivity index (χ4v) is 3.65. The first-order chi connectivity index (χ1) is 10.5. The Kier molecular flexibility index (Phi) is 5.97. The Morgan fingerprint density at radius 1 is 1.32 bits per heavy atom. The Bertz CT molecular complexity index is 583. The molecule has 1 atom stereocenters. The molecular weight excluding hydrogens is 316 g/mol. The van der Waals surface area contributed by atoms with Crippen LogP contribution >= 0.6 is 24.0 Å². The second-order valence-electron chi connectivity index (χ2n) is 5.35. The zero-order valence-electron chi connectivity index (χ0n) is 12.8. The summed E-state index contributed by atoms with van der Waals surface area (Å²) in [5.41, 5.74) is 1.22. The maximum Gasteiger partial charge on any atom is 0.237 e. The maximum absolute atomic E-state index is 12.2. The molecule has 1 aliphatic rings. The molecule has 6 heteroatoms. The van der Waals surface area contributed by atoms with Gasteiger partial charge < -0.3 is 10.2 Å². The molecule has 0 aromatic heterocycles. The SMILES string of the molecule is CC(=O)c1cccc(NC(=O)[C@H](C)SC(=S)N2CCCC2)c1. The Morgan fingerprint density at radius 3 is 2.64 bits per heavy atom. The first kappa shape index (κ1) is 17.0. The highest BCUT2D eigenvalue weighted by molar-refractivity contribution is 8.23. The molecule has 118 valence electrons. The second-order valence-corrected chi connectivity index (χ2v) is 7.32. The number of Topliss-reactive ketones (excluding diaryl/α,β-unsaturated/α-hetero) is 1. The van der Waals surface area contributed by atoms with Crippen molar-refractivity contribution in [3.63, 3.8) is 0 Å². The summed E-state index contributed by atoms with van der Waals surface area (Å²) in [6, 6.07) is 6.97. The van der Waals surface area contributed by atoms with Gasteiger partial charge in [0.1, 0.15) is 4.32 Å². The van der Waals surface area contributed by atoms with Crippen LogP contribution in [-0.4, -0.2) is 39.3 Å². The van der Waals surface area contributed by atoms with Crippen molar-refractivity contribution >= 4 is 45.7 Å². The average Bonchev–Trinajstić information content (AvgIpc) is 3.01. The van der Waals surface area contributed by atoms with Gasteiger partial charge in [-0.25, -0.2) is 0 Å². The van der Waals surface area contributed by atoms with E-state index in [1.54, 1.807) is 24.3 Å². The van der Waals surface area contributed by atoms with E-state index in [0.29, 0.717) is 11.3 Å². The van der Waals surface area contributed by atoms with E-state index in [2.05, 4.69) is 10.2 Å². The van der Waals surface area contributed by atoms with Crippen molar-refractivity contribution in [1.82, 2.24) is 4.90 Å². The molecule has 1 aromatic rings. The monoisotopic (exact) mass is 336 g/mol. The van der Waals surface area contributed by atoms with Crippen molar-refractivity contribution < 1.29 is 9.59 Å². The number of nitrogens with zero attached hydrogens (tertiary/aromatic N) is 1. The van der Waals surface area contributed by atoms with Crippen LogP contribution in [0.1, 0.15) is 37.0 Å². The lowest BCUT2D eigenvalue weighted by Gasteiger charge is -2.20. The van der Waals surface area contributed by atoms with Gasteiger partial charge in [-0.2, -0.15) is 0 Å². The van der Waals surface area contributed by atoms with Crippen molar-refractivity contribution in [2.75, 3.05) is 18.4 Å². The number of benzene rings is 1. The number of anilines is 1. The molecule has 0 aliphatic carbocycles. The molecule has 1 fully saturated rings. The predicted molar refractivity (Wildman–Crippen MR) is 95.5 cm³/mol. The molecule has 0 spiro atoms. The van der Waals surface area contributed by atoms with Crippen molar-refractivity contribution in [1.29, 1.82) is 0 Å².